The molecule has 2 heterocycles. The number of halogens is 1. The van der Waals surface area contributed by atoms with E-state index in [1.165, 1.54) is 23.3 Å². The number of hydrogen-bond acceptors (Lipinski definition) is 4. The second-order valence-electron chi connectivity index (χ2n) is 5.04. The van der Waals surface area contributed by atoms with Crippen molar-refractivity contribution < 1.29 is 0 Å². The lowest BCUT2D eigenvalue weighted by atomic mass is 10.2. The third kappa shape index (κ3) is 2.13. The van der Waals surface area contributed by atoms with Gasteiger partial charge in [0.2, 0.25) is 0 Å². The number of nitrogens with zero attached hydrogens (tertiary/aromatic N) is 3. The lowest BCUT2D eigenvalue weighted by molar-refractivity contribution is 0.308. The van der Waals surface area contributed by atoms with Crippen molar-refractivity contribution in [1.29, 1.82) is 0 Å². The summed E-state index contributed by atoms with van der Waals surface area (Å²) in [6, 6.07) is 0.717. The zero-order chi connectivity index (χ0) is 12.9. The summed E-state index contributed by atoms with van der Waals surface area (Å²) in [5.41, 5.74) is 1.21. The Hall–Kier alpha value is -0.710. The molecule has 0 atom stereocenters. The molecule has 5 heteroatoms. The zero-order valence-electron chi connectivity index (χ0n) is 10.8. The normalized spacial score (nSPS) is 15.8. The molecule has 0 amide bonds. The van der Waals surface area contributed by atoms with Crippen molar-refractivity contribution in [2.75, 3.05) is 7.05 Å². The van der Waals surface area contributed by atoms with E-state index in [9.17, 15) is 0 Å². The minimum atomic E-state index is 0.598. The summed E-state index contributed by atoms with van der Waals surface area (Å²) in [6.45, 7) is 4.98. The standard InChI is InChI=1S/C13H16ClN3S/c1-7-8(2)18-13-11(7)12(14)15-10(16-13)6-17(3)9-4-5-9/h9H,4-6H2,1-3H3. The first-order valence-corrected chi connectivity index (χ1v) is 7.38. The Morgan fingerprint density at radius 2 is 2.06 bits per heavy atom. The van der Waals surface area contributed by atoms with Gasteiger partial charge in [0, 0.05) is 10.9 Å². The van der Waals surface area contributed by atoms with Gasteiger partial charge in [-0.3, -0.25) is 4.90 Å². The fraction of sp³-hybridized carbons (Fsp3) is 0.538. The average molecular weight is 282 g/mol. The molecule has 3 nitrogen and oxygen atoms in total. The van der Waals surface area contributed by atoms with Crippen LogP contribution in [-0.2, 0) is 6.54 Å². The van der Waals surface area contributed by atoms with Crippen molar-refractivity contribution >= 4 is 33.2 Å². The molecule has 0 N–H and O–H groups in total. The Bertz CT molecular complexity index is 604. The minimum Gasteiger partial charge on any atom is -0.296 e. The van der Waals surface area contributed by atoms with Crippen molar-refractivity contribution in [3.05, 3.63) is 21.4 Å². The highest BCUT2D eigenvalue weighted by Gasteiger charge is 2.26. The molecule has 0 spiro atoms. The molecule has 2 aromatic rings. The van der Waals surface area contributed by atoms with Gasteiger partial charge in [-0.2, -0.15) is 0 Å². The van der Waals surface area contributed by atoms with Crippen LogP contribution in [0, 0.1) is 13.8 Å². The minimum absolute atomic E-state index is 0.598. The Morgan fingerprint density at radius 1 is 1.33 bits per heavy atom. The van der Waals surface area contributed by atoms with Crippen LogP contribution in [0.2, 0.25) is 5.15 Å². The second kappa shape index (κ2) is 4.44. The van der Waals surface area contributed by atoms with E-state index in [0.717, 1.165) is 28.6 Å². The molecule has 1 aliphatic rings. The van der Waals surface area contributed by atoms with Crippen molar-refractivity contribution in [3.63, 3.8) is 0 Å². The quantitative estimate of drug-likeness (QED) is 0.806. The van der Waals surface area contributed by atoms with Gasteiger partial charge >= 0.3 is 0 Å². The fourth-order valence-electron chi connectivity index (χ4n) is 2.18. The van der Waals surface area contributed by atoms with Crippen molar-refractivity contribution in [2.24, 2.45) is 0 Å². The maximum Gasteiger partial charge on any atom is 0.145 e. The van der Waals surface area contributed by atoms with Gasteiger partial charge in [0.05, 0.1) is 11.9 Å². The fourth-order valence-corrected chi connectivity index (χ4v) is 3.61. The lowest BCUT2D eigenvalue weighted by Gasteiger charge is -2.14. The molecular weight excluding hydrogens is 266 g/mol. The maximum absolute atomic E-state index is 6.30. The Labute approximate surface area is 116 Å². The van der Waals surface area contributed by atoms with Crippen LogP contribution < -0.4 is 0 Å². The van der Waals surface area contributed by atoms with E-state index < -0.39 is 0 Å². The van der Waals surface area contributed by atoms with Gasteiger partial charge in [-0.15, -0.1) is 11.3 Å². The number of aromatic nitrogens is 2. The van der Waals surface area contributed by atoms with Gasteiger partial charge in [-0.1, -0.05) is 11.6 Å². The molecule has 0 radical (unpaired) electrons. The van der Waals surface area contributed by atoms with Crippen LogP contribution in [-0.4, -0.2) is 28.0 Å². The third-order valence-electron chi connectivity index (χ3n) is 3.59. The highest BCUT2D eigenvalue weighted by Crippen LogP contribution is 2.33. The van der Waals surface area contributed by atoms with Crippen molar-refractivity contribution in [3.8, 4) is 0 Å². The number of aryl methyl sites for hydroxylation is 2. The van der Waals surface area contributed by atoms with Gasteiger partial charge < -0.3 is 0 Å². The summed E-state index contributed by atoms with van der Waals surface area (Å²) in [5, 5.41) is 1.62. The molecule has 0 saturated heterocycles. The summed E-state index contributed by atoms with van der Waals surface area (Å²) >= 11 is 8.00. The Balaban J connectivity index is 1.98. The summed E-state index contributed by atoms with van der Waals surface area (Å²) in [7, 11) is 2.13. The highest BCUT2D eigenvalue weighted by molar-refractivity contribution is 7.18. The van der Waals surface area contributed by atoms with E-state index >= 15 is 0 Å². The highest BCUT2D eigenvalue weighted by atomic mass is 35.5. The average Bonchev–Trinajstić information content (AvgIpc) is 3.07. The summed E-state index contributed by atoms with van der Waals surface area (Å²) in [4.78, 5) is 13.7. The molecule has 96 valence electrons. The number of hydrogen-bond donors (Lipinski definition) is 0. The van der Waals surface area contributed by atoms with Gasteiger partial charge in [0.15, 0.2) is 0 Å². The molecule has 1 fully saturated rings. The number of thiophene rings is 1. The van der Waals surface area contributed by atoms with Gasteiger partial charge in [0.1, 0.15) is 15.8 Å². The largest absolute Gasteiger partial charge is 0.296 e. The first kappa shape index (κ1) is 12.3. The van der Waals surface area contributed by atoms with Crippen LogP contribution in [0.3, 0.4) is 0 Å². The van der Waals surface area contributed by atoms with Crippen LogP contribution in [0.25, 0.3) is 10.2 Å². The molecule has 0 aromatic carbocycles. The van der Waals surface area contributed by atoms with Crippen LogP contribution >= 0.6 is 22.9 Å². The third-order valence-corrected chi connectivity index (χ3v) is 4.97. The molecule has 0 bridgehead atoms. The molecule has 1 saturated carbocycles. The van der Waals surface area contributed by atoms with Crippen LogP contribution in [0.4, 0.5) is 0 Å². The Morgan fingerprint density at radius 3 is 2.72 bits per heavy atom. The second-order valence-corrected chi connectivity index (χ2v) is 6.60. The first-order valence-electron chi connectivity index (χ1n) is 6.18. The Kier molecular flexibility index (Phi) is 3.04. The van der Waals surface area contributed by atoms with Crippen molar-refractivity contribution in [2.45, 2.75) is 39.3 Å². The summed E-state index contributed by atoms with van der Waals surface area (Å²) in [5.74, 6) is 0.836. The van der Waals surface area contributed by atoms with Crippen molar-refractivity contribution in [1.82, 2.24) is 14.9 Å². The van der Waals surface area contributed by atoms with Gasteiger partial charge in [-0.05, 0) is 39.3 Å². The molecular formula is C13H16ClN3S. The zero-order valence-corrected chi connectivity index (χ0v) is 12.4. The predicted molar refractivity (Wildman–Crippen MR) is 76.4 cm³/mol. The smallest absolute Gasteiger partial charge is 0.145 e. The van der Waals surface area contributed by atoms with E-state index in [-0.39, 0.29) is 0 Å². The SMILES string of the molecule is Cc1sc2nc(CN(C)C3CC3)nc(Cl)c2c1C. The van der Waals surface area contributed by atoms with E-state index in [1.807, 2.05) is 0 Å². The monoisotopic (exact) mass is 281 g/mol. The van der Waals surface area contributed by atoms with E-state index in [1.54, 1.807) is 11.3 Å². The summed E-state index contributed by atoms with van der Waals surface area (Å²) < 4.78 is 0. The van der Waals surface area contributed by atoms with Gasteiger partial charge in [0.25, 0.3) is 0 Å². The molecule has 1 aliphatic carbocycles. The van der Waals surface area contributed by atoms with Crippen LogP contribution in [0.5, 0.6) is 0 Å². The first-order chi connectivity index (χ1) is 8.56. The van der Waals surface area contributed by atoms with Crippen LogP contribution in [0.15, 0.2) is 0 Å². The van der Waals surface area contributed by atoms with E-state index in [4.69, 9.17) is 11.6 Å². The molecule has 18 heavy (non-hydrogen) atoms. The number of rotatable bonds is 3. The molecule has 0 aliphatic heterocycles. The maximum atomic E-state index is 6.30. The molecule has 0 unspecified atom stereocenters. The number of fused-ring (bicyclic) bond motifs is 1. The van der Waals surface area contributed by atoms with Gasteiger partial charge in [-0.25, -0.2) is 9.97 Å². The van der Waals surface area contributed by atoms with E-state index in [0.29, 0.717) is 5.15 Å². The van der Waals surface area contributed by atoms with Crippen LogP contribution in [0.1, 0.15) is 29.1 Å². The predicted octanol–water partition coefficient (Wildman–Crippen LogP) is 3.56. The molecule has 3 rings (SSSR count). The lowest BCUT2D eigenvalue weighted by Crippen LogP contribution is -2.21. The van der Waals surface area contributed by atoms with E-state index in [2.05, 4.69) is 35.8 Å². The summed E-state index contributed by atoms with van der Waals surface area (Å²) in [6.07, 6.45) is 2.59. The topological polar surface area (TPSA) is 29.0 Å². The molecule has 2 aromatic heterocycles.